The first-order valence-electron chi connectivity index (χ1n) is 5.53. The van der Waals surface area contributed by atoms with Gasteiger partial charge in [-0.05, 0) is 23.7 Å². The average Bonchev–Trinajstić information content (AvgIpc) is 1.99. The molecule has 0 spiro atoms. The third-order valence-corrected chi connectivity index (χ3v) is 2.79. The van der Waals surface area contributed by atoms with Gasteiger partial charge < -0.3 is 0 Å². The van der Waals surface area contributed by atoms with E-state index in [1.807, 2.05) is 0 Å². The van der Waals surface area contributed by atoms with E-state index >= 15 is 0 Å². The highest BCUT2D eigenvalue weighted by atomic mass is 16.1. The predicted molar refractivity (Wildman–Crippen MR) is 60.2 cm³/mol. The van der Waals surface area contributed by atoms with Crippen LogP contribution in [0.1, 0.15) is 53.4 Å². The van der Waals surface area contributed by atoms with Crippen molar-refractivity contribution in [2.24, 2.45) is 10.8 Å². The molecule has 0 amide bonds. The second kappa shape index (κ2) is 3.88. The zero-order chi connectivity index (χ0) is 10.8. The molecular formula is C13H22O. The molecule has 1 saturated carbocycles. The van der Waals surface area contributed by atoms with E-state index < -0.39 is 0 Å². The van der Waals surface area contributed by atoms with Crippen molar-refractivity contribution in [3.63, 3.8) is 0 Å². The van der Waals surface area contributed by atoms with Crippen LogP contribution in [0.2, 0.25) is 0 Å². The number of allylic oxidation sites excluding steroid dienone is 2. The number of rotatable bonds is 1. The summed E-state index contributed by atoms with van der Waals surface area (Å²) in [5.41, 5.74) is 0.353. The van der Waals surface area contributed by atoms with E-state index in [2.05, 4.69) is 39.8 Å². The molecule has 0 radical (unpaired) electrons. The summed E-state index contributed by atoms with van der Waals surface area (Å²) in [4.78, 5) is 11.4. The Balaban J connectivity index is 2.66. The molecule has 1 heteroatoms. The minimum Gasteiger partial charge on any atom is -0.300 e. The topological polar surface area (TPSA) is 17.1 Å². The summed E-state index contributed by atoms with van der Waals surface area (Å²) in [6.07, 6.45) is 8.24. The van der Waals surface area contributed by atoms with Crippen molar-refractivity contribution >= 4 is 5.78 Å². The molecule has 0 aromatic carbocycles. The van der Waals surface area contributed by atoms with Gasteiger partial charge in [0.15, 0.2) is 0 Å². The molecule has 0 saturated heterocycles. The van der Waals surface area contributed by atoms with Crippen LogP contribution in [0.15, 0.2) is 12.2 Å². The lowest BCUT2D eigenvalue weighted by Crippen LogP contribution is -2.24. The third-order valence-electron chi connectivity index (χ3n) is 2.79. The fourth-order valence-corrected chi connectivity index (χ4v) is 1.91. The fraction of sp³-hybridized carbons (Fsp3) is 0.769. The Kier molecular flexibility index (Phi) is 3.18. The summed E-state index contributed by atoms with van der Waals surface area (Å²) >= 11 is 0. The van der Waals surface area contributed by atoms with Crippen molar-refractivity contribution in [2.75, 3.05) is 0 Å². The van der Waals surface area contributed by atoms with Crippen LogP contribution in [-0.4, -0.2) is 5.78 Å². The van der Waals surface area contributed by atoms with E-state index in [1.54, 1.807) is 0 Å². The minimum absolute atomic E-state index is 0.128. The van der Waals surface area contributed by atoms with Crippen LogP contribution in [0, 0.1) is 10.8 Å². The lowest BCUT2D eigenvalue weighted by atomic mass is 9.74. The number of hydrogen-bond acceptors (Lipinski definition) is 1. The van der Waals surface area contributed by atoms with Gasteiger partial charge in [-0.15, -0.1) is 0 Å². The molecule has 1 aliphatic rings. The number of carbonyl (C=O) groups excluding carboxylic acids is 1. The highest BCUT2D eigenvalue weighted by Crippen LogP contribution is 2.36. The molecular weight excluding hydrogens is 172 g/mol. The van der Waals surface area contributed by atoms with Gasteiger partial charge in [0.05, 0.1) is 0 Å². The highest BCUT2D eigenvalue weighted by molar-refractivity contribution is 5.80. The Hall–Kier alpha value is -0.590. The molecule has 0 N–H and O–H groups in total. The first-order valence-corrected chi connectivity index (χ1v) is 5.53. The summed E-state index contributed by atoms with van der Waals surface area (Å²) in [5.74, 6) is 0.428. The lowest BCUT2D eigenvalue weighted by molar-refractivity contribution is -0.122. The zero-order valence-corrected chi connectivity index (χ0v) is 9.89. The van der Waals surface area contributed by atoms with Crippen LogP contribution >= 0.6 is 0 Å². The van der Waals surface area contributed by atoms with Crippen LogP contribution in [0.3, 0.4) is 0 Å². The van der Waals surface area contributed by atoms with Crippen LogP contribution in [0.4, 0.5) is 0 Å². The number of Topliss-reactive ketones (excluding diaryl/α,β-unsaturated/α-hetero) is 1. The molecule has 0 bridgehead atoms. The Morgan fingerprint density at radius 1 is 1.36 bits per heavy atom. The van der Waals surface area contributed by atoms with E-state index in [4.69, 9.17) is 0 Å². The summed E-state index contributed by atoms with van der Waals surface area (Å²) in [5, 5.41) is 0. The molecule has 0 aromatic heterocycles. The standard InChI is InChI=1S/C13H22O/c1-12(2,3)8-9-13(4)7-5-6-11(14)10-13/h8-9H,5-7,10H2,1-4H3/b9-8+/t13-/m0/s1. The van der Waals surface area contributed by atoms with Gasteiger partial charge in [0.25, 0.3) is 0 Å². The van der Waals surface area contributed by atoms with Crippen LogP contribution in [-0.2, 0) is 4.79 Å². The van der Waals surface area contributed by atoms with Crippen molar-refractivity contribution in [1.29, 1.82) is 0 Å². The van der Waals surface area contributed by atoms with E-state index in [0.717, 1.165) is 25.7 Å². The summed E-state index contributed by atoms with van der Waals surface area (Å²) < 4.78 is 0. The first-order chi connectivity index (χ1) is 6.31. The molecule has 0 aromatic rings. The molecule has 0 heterocycles. The molecule has 0 aliphatic heterocycles. The van der Waals surface area contributed by atoms with E-state index in [1.165, 1.54) is 0 Å². The van der Waals surface area contributed by atoms with Crippen LogP contribution in [0.25, 0.3) is 0 Å². The van der Waals surface area contributed by atoms with E-state index in [9.17, 15) is 4.79 Å². The van der Waals surface area contributed by atoms with Crippen LogP contribution in [0.5, 0.6) is 0 Å². The third kappa shape index (κ3) is 3.65. The molecule has 1 atom stereocenters. The zero-order valence-electron chi connectivity index (χ0n) is 9.89. The van der Waals surface area contributed by atoms with Crippen molar-refractivity contribution in [2.45, 2.75) is 53.4 Å². The second-order valence-electron chi connectivity index (χ2n) is 5.92. The molecule has 0 unspecified atom stereocenters. The maximum absolute atomic E-state index is 11.4. The van der Waals surface area contributed by atoms with Gasteiger partial charge in [0, 0.05) is 12.8 Å². The van der Waals surface area contributed by atoms with Gasteiger partial charge >= 0.3 is 0 Å². The van der Waals surface area contributed by atoms with Gasteiger partial charge in [-0.1, -0.05) is 39.8 Å². The highest BCUT2D eigenvalue weighted by Gasteiger charge is 2.28. The summed E-state index contributed by atoms with van der Waals surface area (Å²) in [7, 11) is 0. The van der Waals surface area contributed by atoms with Crippen molar-refractivity contribution in [1.82, 2.24) is 0 Å². The van der Waals surface area contributed by atoms with E-state index in [-0.39, 0.29) is 10.8 Å². The quantitative estimate of drug-likeness (QED) is 0.581. The molecule has 1 fully saturated rings. The Morgan fingerprint density at radius 2 is 2.00 bits per heavy atom. The van der Waals surface area contributed by atoms with Gasteiger partial charge in [-0.3, -0.25) is 4.79 Å². The SMILES string of the molecule is CC(C)(C)/C=C/[C@]1(C)CCCC(=O)C1. The van der Waals surface area contributed by atoms with Gasteiger partial charge in [-0.2, -0.15) is 0 Å². The molecule has 1 nitrogen and oxygen atoms in total. The smallest absolute Gasteiger partial charge is 0.133 e. The largest absolute Gasteiger partial charge is 0.300 e. The van der Waals surface area contributed by atoms with Crippen molar-refractivity contribution < 1.29 is 4.79 Å². The van der Waals surface area contributed by atoms with Crippen molar-refractivity contribution in [3.05, 3.63) is 12.2 Å². The Bertz CT molecular complexity index is 244. The Labute approximate surface area is 87.6 Å². The number of hydrogen-bond donors (Lipinski definition) is 0. The maximum atomic E-state index is 11.4. The van der Waals surface area contributed by atoms with Gasteiger partial charge in [-0.25, -0.2) is 0 Å². The average molecular weight is 194 g/mol. The number of ketones is 1. The van der Waals surface area contributed by atoms with Crippen molar-refractivity contribution in [3.8, 4) is 0 Å². The summed E-state index contributed by atoms with van der Waals surface area (Å²) in [6, 6.07) is 0. The Morgan fingerprint density at radius 3 is 2.50 bits per heavy atom. The predicted octanol–water partition coefficient (Wildman–Crippen LogP) is 3.74. The number of carbonyl (C=O) groups is 1. The van der Waals surface area contributed by atoms with Crippen LogP contribution < -0.4 is 0 Å². The minimum atomic E-state index is 0.128. The fourth-order valence-electron chi connectivity index (χ4n) is 1.91. The molecule has 1 aliphatic carbocycles. The maximum Gasteiger partial charge on any atom is 0.133 e. The molecule has 14 heavy (non-hydrogen) atoms. The van der Waals surface area contributed by atoms with E-state index in [0.29, 0.717) is 5.78 Å². The molecule has 80 valence electrons. The summed E-state index contributed by atoms with van der Waals surface area (Å²) in [6.45, 7) is 8.78. The molecule has 1 rings (SSSR count). The lowest BCUT2D eigenvalue weighted by Gasteiger charge is -2.30. The normalized spacial score (nSPS) is 29.9. The first kappa shape index (κ1) is 11.5. The van der Waals surface area contributed by atoms with Gasteiger partial charge in [0.1, 0.15) is 5.78 Å². The van der Waals surface area contributed by atoms with Gasteiger partial charge in [0.2, 0.25) is 0 Å². The monoisotopic (exact) mass is 194 g/mol. The second-order valence-corrected chi connectivity index (χ2v) is 5.92.